The molecule has 0 radical (unpaired) electrons. The quantitative estimate of drug-likeness (QED) is 0.807. The van der Waals surface area contributed by atoms with Crippen LogP contribution in [0.15, 0.2) is 22.7 Å². The standard InChI is InChI=1S/C16H25BrN2O2.ClH/c1-16(2,11-20)15(19-8-6-18-7-9-19)12-4-5-14(21-3)13(17)10-12;/h4-5,10,15,18,20H,6-9,11H2,1-3H3;1H/t15-;/m0./s1. The van der Waals surface area contributed by atoms with Crippen molar-refractivity contribution < 1.29 is 9.84 Å². The molecular formula is C16H26BrClN2O2. The third kappa shape index (κ3) is 4.36. The fourth-order valence-electron chi connectivity index (χ4n) is 3.04. The highest BCUT2D eigenvalue weighted by molar-refractivity contribution is 9.10. The number of aliphatic hydroxyl groups excluding tert-OH is 1. The number of halogens is 2. The molecule has 22 heavy (non-hydrogen) atoms. The number of nitrogens with one attached hydrogen (secondary N) is 1. The zero-order chi connectivity index (χ0) is 15.5. The number of ether oxygens (including phenoxy) is 1. The van der Waals surface area contributed by atoms with Gasteiger partial charge in [0, 0.05) is 44.2 Å². The van der Waals surface area contributed by atoms with Crippen molar-refractivity contribution in [1.29, 1.82) is 0 Å². The summed E-state index contributed by atoms with van der Waals surface area (Å²) < 4.78 is 6.27. The zero-order valence-electron chi connectivity index (χ0n) is 13.4. The predicted octanol–water partition coefficient (Wildman–Crippen LogP) is 2.84. The molecule has 1 heterocycles. The first kappa shape index (κ1) is 19.7. The highest BCUT2D eigenvalue weighted by Gasteiger charge is 2.35. The number of hydrogen-bond acceptors (Lipinski definition) is 4. The van der Waals surface area contributed by atoms with E-state index in [1.165, 1.54) is 5.56 Å². The van der Waals surface area contributed by atoms with Crippen LogP contribution in [0.3, 0.4) is 0 Å². The molecule has 1 atom stereocenters. The van der Waals surface area contributed by atoms with Gasteiger partial charge in [0.1, 0.15) is 5.75 Å². The number of aliphatic hydroxyl groups is 1. The van der Waals surface area contributed by atoms with Gasteiger partial charge in [-0.05, 0) is 33.6 Å². The van der Waals surface area contributed by atoms with Crippen LogP contribution in [-0.4, -0.2) is 49.9 Å². The maximum Gasteiger partial charge on any atom is 0.133 e. The molecule has 0 bridgehead atoms. The maximum absolute atomic E-state index is 9.85. The average molecular weight is 394 g/mol. The fourth-order valence-corrected chi connectivity index (χ4v) is 3.59. The molecule has 0 amide bonds. The van der Waals surface area contributed by atoms with E-state index >= 15 is 0 Å². The molecule has 0 aliphatic carbocycles. The molecule has 1 fully saturated rings. The Morgan fingerprint density at radius 3 is 2.50 bits per heavy atom. The minimum Gasteiger partial charge on any atom is -0.496 e. The SMILES string of the molecule is COc1ccc([C@H](N2CCNCC2)C(C)(C)CO)cc1Br.Cl. The van der Waals surface area contributed by atoms with Gasteiger partial charge < -0.3 is 15.2 Å². The van der Waals surface area contributed by atoms with Crippen LogP contribution in [0.4, 0.5) is 0 Å². The molecule has 0 aromatic heterocycles. The summed E-state index contributed by atoms with van der Waals surface area (Å²) >= 11 is 3.57. The highest BCUT2D eigenvalue weighted by atomic mass is 79.9. The first-order valence-corrected chi connectivity index (χ1v) is 8.18. The second-order valence-corrected chi connectivity index (χ2v) is 7.08. The number of methoxy groups -OCH3 is 1. The molecule has 2 rings (SSSR count). The second-order valence-electron chi connectivity index (χ2n) is 6.23. The minimum absolute atomic E-state index is 0. The third-order valence-corrected chi connectivity index (χ3v) is 4.78. The van der Waals surface area contributed by atoms with Crippen molar-refractivity contribution in [2.24, 2.45) is 5.41 Å². The Hall–Kier alpha value is -0.330. The lowest BCUT2D eigenvalue weighted by molar-refractivity contribution is 0.0305. The van der Waals surface area contributed by atoms with Crippen LogP contribution >= 0.6 is 28.3 Å². The molecule has 0 spiro atoms. The van der Waals surface area contributed by atoms with E-state index in [4.69, 9.17) is 4.74 Å². The Morgan fingerprint density at radius 2 is 2.00 bits per heavy atom. The average Bonchev–Trinajstić information content (AvgIpc) is 2.48. The highest BCUT2D eigenvalue weighted by Crippen LogP contribution is 2.40. The van der Waals surface area contributed by atoms with Crippen LogP contribution in [0.25, 0.3) is 0 Å². The Morgan fingerprint density at radius 1 is 1.36 bits per heavy atom. The van der Waals surface area contributed by atoms with E-state index in [0.717, 1.165) is 36.4 Å². The van der Waals surface area contributed by atoms with E-state index < -0.39 is 0 Å². The molecule has 4 nitrogen and oxygen atoms in total. The molecule has 1 saturated heterocycles. The summed E-state index contributed by atoms with van der Waals surface area (Å²) in [6, 6.07) is 6.39. The largest absolute Gasteiger partial charge is 0.496 e. The lowest BCUT2D eigenvalue weighted by Crippen LogP contribution is -2.49. The lowest BCUT2D eigenvalue weighted by Gasteiger charge is -2.43. The van der Waals surface area contributed by atoms with E-state index in [2.05, 4.69) is 52.1 Å². The summed E-state index contributed by atoms with van der Waals surface area (Å²) in [5, 5.41) is 13.2. The molecule has 6 heteroatoms. The Bertz CT molecular complexity index is 479. The first-order valence-electron chi connectivity index (χ1n) is 7.38. The summed E-state index contributed by atoms with van der Waals surface area (Å²) in [5.41, 5.74) is 1.01. The van der Waals surface area contributed by atoms with Crippen molar-refractivity contribution >= 4 is 28.3 Å². The minimum atomic E-state index is -0.203. The van der Waals surface area contributed by atoms with Gasteiger partial charge in [0.25, 0.3) is 0 Å². The lowest BCUT2D eigenvalue weighted by atomic mass is 9.79. The van der Waals surface area contributed by atoms with E-state index in [9.17, 15) is 5.11 Å². The van der Waals surface area contributed by atoms with Crippen molar-refractivity contribution in [3.05, 3.63) is 28.2 Å². The van der Waals surface area contributed by atoms with Crippen molar-refractivity contribution in [2.45, 2.75) is 19.9 Å². The number of rotatable bonds is 5. The fraction of sp³-hybridized carbons (Fsp3) is 0.625. The van der Waals surface area contributed by atoms with Gasteiger partial charge >= 0.3 is 0 Å². The van der Waals surface area contributed by atoms with E-state index in [0.29, 0.717) is 0 Å². The van der Waals surface area contributed by atoms with Gasteiger partial charge in [0.2, 0.25) is 0 Å². The summed E-state index contributed by atoms with van der Waals surface area (Å²) in [6.45, 7) is 8.39. The smallest absolute Gasteiger partial charge is 0.133 e. The molecule has 0 unspecified atom stereocenters. The van der Waals surface area contributed by atoms with Gasteiger partial charge in [-0.25, -0.2) is 0 Å². The van der Waals surface area contributed by atoms with Gasteiger partial charge in [-0.1, -0.05) is 19.9 Å². The summed E-state index contributed by atoms with van der Waals surface area (Å²) in [5.74, 6) is 0.833. The summed E-state index contributed by atoms with van der Waals surface area (Å²) in [6.07, 6.45) is 0. The van der Waals surface area contributed by atoms with E-state index in [-0.39, 0.29) is 30.5 Å². The maximum atomic E-state index is 9.85. The number of benzene rings is 1. The van der Waals surface area contributed by atoms with Crippen LogP contribution in [-0.2, 0) is 0 Å². The van der Waals surface area contributed by atoms with Crippen LogP contribution in [0.2, 0.25) is 0 Å². The van der Waals surface area contributed by atoms with Crippen LogP contribution in [0.5, 0.6) is 5.75 Å². The van der Waals surface area contributed by atoms with Crippen molar-refractivity contribution in [3.63, 3.8) is 0 Å². The van der Waals surface area contributed by atoms with Gasteiger partial charge in [-0.2, -0.15) is 0 Å². The van der Waals surface area contributed by atoms with Gasteiger partial charge in [-0.15, -0.1) is 12.4 Å². The molecule has 0 saturated carbocycles. The van der Waals surface area contributed by atoms with Crippen LogP contribution in [0.1, 0.15) is 25.5 Å². The summed E-state index contributed by atoms with van der Waals surface area (Å²) in [7, 11) is 1.67. The van der Waals surface area contributed by atoms with E-state index in [1.807, 2.05) is 6.07 Å². The normalized spacial score (nSPS) is 17.7. The predicted molar refractivity (Wildman–Crippen MR) is 96.0 cm³/mol. The van der Waals surface area contributed by atoms with Gasteiger partial charge in [0.05, 0.1) is 11.6 Å². The Kier molecular flexibility index (Phi) is 7.62. The number of nitrogens with zero attached hydrogens (tertiary/aromatic N) is 1. The number of hydrogen-bond donors (Lipinski definition) is 2. The topological polar surface area (TPSA) is 44.7 Å². The Labute approximate surface area is 147 Å². The molecule has 1 aromatic rings. The van der Waals surface area contributed by atoms with Gasteiger partial charge in [0.15, 0.2) is 0 Å². The van der Waals surface area contributed by atoms with Crippen molar-refractivity contribution in [1.82, 2.24) is 10.2 Å². The van der Waals surface area contributed by atoms with Crippen molar-refractivity contribution in [3.8, 4) is 5.75 Å². The molecule has 2 N–H and O–H groups in total. The molecule has 1 aliphatic heterocycles. The second kappa shape index (κ2) is 8.50. The van der Waals surface area contributed by atoms with Crippen LogP contribution < -0.4 is 10.1 Å². The van der Waals surface area contributed by atoms with Crippen molar-refractivity contribution in [2.75, 3.05) is 39.9 Å². The third-order valence-electron chi connectivity index (χ3n) is 4.16. The number of piperazine rings is 1. The molecule has 1 aliphatic rings. The molecule has 1 aromatic carbocycles. The monoisotopic (exact) mass is 392 g/mol. The van der Waals surface area contributed by atoms with E-state index in [1.54, 1.807) is 7.11 Å². The van der Waals surface area contributed by atoms with Gasteiger partial charge in [-0.3, -0.25) is 4.90 Å². The molecular weight excluding hydrogens is 368 g/mol. The van der Waals surface area contributed by atoms with Crippen LogP contribution in [0, 0.1) is 5.41 Å². The summed E-state index contributed by atoms with van der Waals surface area (Å²) in [4.78, 5) is 2.46. The first-order chi connectivity index (χ1) is 9.99. The molecule has 126 valence electrons. The Balaban J connectivity index is 0.00000242. The zero-order valence-corrected chi connectivity index (χ0v) is 15.8.